The molecule has 1 saturated heterocycles. The number of benzene rings is 1. The van der Waals surface area contributed by atoms with Crippen LogP contribution >= 0.6 is 0 Å². The van der Waals surface area contributed by atoms with Gasteiger partial charge in [-0.25, -0.2) is 0 Å². The van der Waals surface area contributed by atoms with Crippen LogP contribution in [-0.2, 0) is 14.3 Å². The first-order valence-electron chi connectivity index (χ1n) is 11.2. The van der Waals surface area contributed by atoms with Crippen LogP contribution in [-0.4, -0.2) is 62.9 Å². The Bertz CT molecular complexity index is 819. The molecule has 2 N–H and O–H groups in total. The molecule has 8 heteroatoms. The van der Waals surface area contributed by atoms with Crippen molar-refractivity contribution in [3.05, 3.63) is 35.4 Å². The van der Waals surface area contributed by atoms with Gasteiger partial charge in [0, 0.05) is 26.2 Å². The van der Waals surface area contributed by atoms with Crippen molar-refractivity contribution in [2.45, 2.75) is 38.1 Å². The van der Waals surface area contributed by atoms with Crippen LogP contribution in [0.15, 0.2) is 29.8 Å². The average Bonchev–Trinajstić information content (AvgIpc) is 3.28. The summed E-state index contributed by atoms with van der Waals surface area (Å²) in [6.45, 7) is 3.85. The molecule has 0 radical (unpaired) electrons. The summed E-state index contributed by atoms with van der Waals surface area (Å²) in [5, 5.41) is 5.56. The van der Waals surface area contributed by atoms with E-state index in [0.717, 1.165) is 43.7 Å². The molecule has 2 aliphatic heterocycles. The maximum absolute atomic E-state index is 12.4. The highest BCUT2D eigenvalue weighted by atomic mass is 16.7. The molecule has 0 aromatic heterocycles. The first-order valence-corrected chi connectivity index (χ1v) is 11.2. The van der Waals surface area contributed by atoms with Crippen LogP contribution in [0.25, 0.3) is 0 Å². The van der Waals surface area contributed by atoms with Gasteiger partial charge in [0.25, 0.3) is 0 Å². The fraction of sp³-hybridized carbons (Fsp3) is 0.565. The molecule has 2 heterocycles. The third-order valence-corrected chi connectivity index (χ3v) is 6.05. The first kappa shape index (κ1) is 21.6. The Kier molecular flexibility index (Phi) is 7.43. The molecule has 0 bridgehead atoms. The van der Waals surface area contributed by atoms with Crippen molar-refractivity contribution in [2.75, 3.05) is 46.2 Å². The molecular formula is C23H31N3O5. The molecule has 1 aromatic carbocycles. The predicted octanol–water partition coefficient (Wildman–Crippen LogP) is 1.91. The van der Waals surface area contributed by atoms with E-state index in [9.17, 15) is 9.59 Å². The van der Waals surface area contributed by atoms with Gasteiger partial charge in [0.1, 0.15) is 0 Å². The number of amides is 2. The Morgan fingerprint density at radius 3 is 2.65 bits per heavy atom. The van der Waals surface area contributed by atoms with Crippen LogP contribution in [0.3, 0.4) is 0 Å². The highest BCUT2D eigenvalue weighted by molar-refractivity contribution is 6.35. The Morgan fingerprint density at radius 2 is 1.84 bits per heavy atom. The maximum Gasteiger partial charge on any atom is 0.309 e. The molecule has 4 rings (SSSR count). The summed E-state index contributed by atoms with van der Waals surface area (Å²) in [5.74, 6) is 0.247. The highest BCUT2D eigenvalue weighted by Gasteiger charge is 2.26. The van der Waals surface area contributed by atoms with Crippen molar-refractivity contribution >= 4 is 11.8 Å². The molecule has 0 spiro atoms. The number of morpholine rings is 1. The largest absolute Gasteiger partial charge is 0.454 e. The number of nitrogens with zero attached hydrogens (tertiary/aromatic N) is 1. The monoisotopic (exact) mass is 429 g/mol. The molecule has 2 amide bonds. The van der Waals surface area contributed by atoms with Gasteiger partial charge in [-0.2, -0.15) is 0 Å². The zero-order valence-electron chi connectivity index (χ0n) is 17.9. The molecular weight excluding hydrogens is 398 g/mol. The summed E-state index contributed by atoms with van der Waals surface area (Å²) in [4.78, 5) is 26.9. The van der Waals surface area contributed by atoms with E-state index in [-0.39, 0.29) is 12.8 Å². The molecule has 1 atom stereocenters. The zero-order valence-corrected chi connectivity index (χ0v) is 17.9. The van der Waals surface area contributed by atoms with Crippen LogP contribution in [0.2, 0.25) is 0 Å². The number of carbonyl (C=O) groups excluding carboxylic acids is 2. The number of hydrogen-bond donors (Lipinski definition) is 2. The number of nitrogens with one attached hydrogen (secondary N) is 2. The Labute approximate surface area is 182 Å². The molecule has 0 saturated carbocycles. The number of allylic oxidation sites excluding steroid dienone is 1. The van der Waals surface area contributed by atoms with Gasteiger partial charge in [-0.1, -0.05) is 17.7 Å². The fourth-order valence-electron chi connectivity index (χ4n) is 4.29. The maximum atomic E-state index is 12.4. The van der Waals surface area contributed by atoms with E-state index in [1.807, 2.05) is 18.2 Å². The summed E-state index contributed by atoms with van der Waals surface area (Å²) < 4.78 is 16.4. The number of rotatable bonds is 7. The van der Waals surface area contributed by atoms with E-state index in [4.69, 9.17) is 14.2 Å². The molecule has 1 aromatic rings. The lowest BCUT2D eigenvalue weighted by Crippen LogP contribution is -2.46. The molecule has 1 fully saturated rings. The summed E-state index contributed by atoms with van der Waals surface area (Å²) in [7, 11) is 0. The normalized spacial score (nSPS) is 19.4. The molecule has 8 nitrogen and oxygen atoms in total. The van der Waals surface area contributed by atoms with Crippen molar-refractivity contribution in [1.82, 2.24) is 15.5 Å². The standard InChI is InChI=1S/C23H31N3O5/c27-22(24-9-8-17-4-2-1-3-5-17)23(28)25-15-19(26-10-12-29-13-11-26)18-6-7-20-21(14-18)31-16-30-20/h4,6-7,14,19H,1-3,5,8-13,15-16H2,(H,24,27)(H,25,28)/t19-/m0/s1. The van der Waals surface area contributed by atoms with Crippen molar-refractivity contribution in [3.8, 4) is 11.5 Å². The van der Waals surface area contributed by atoms with E-state index in [0.29, 0.717) is 32.1 Å². The van der Waals surface area contributed by atoms with Crippen LogP contribution in [0.4, 0.5) is 0 Å². The summed E-state index contributed by atoms with van der Waals surface area (Å²) in [6, 6.07) is 5.74. The SMILES string of the molecule is O=C(NCCC1=CCCCC1)C(=O)NC[C@@H](c1ccc2c(c1)OCO2)N1CCOCC1. The van der Waals surface area contributed by atoms with Crippen molar-refractivity contribution in [1.29, 1.82) is 0 Å². The quantitative estimate of drug-likeness (QED) is 0.509. The summed E-state index contributed by atoms with van der Waals surface area (Å²) in [6.07, 6.45) is 7.74. The predicted molar refractivity (Wildman–Crippen MR) is 115 cm³/mol. The van der Waals surface area contributed by atoms with E-state index in [1.165, 1.54) is 18.4 Å². The van der Waals surface area contributed by atoms with Crippen molar-refractivity contribution in [3.63, 3.8) is 0 Å². The smallest absolute Gasteiger partial charge is 0.309 e. The van der Waals surface area contributed by atoms with Crippen LogP contribution in [0.1, 0.15) is 43.7 Å². The average molecular weight is 430 g/mol. The van der Waals surface area contributed by atoms with E-state index in [2.05, 4.69) is 21.6 Å². The van der Waals surface area contributed by atoms with Crippen molar-refractivity contribution < 1.29 is 23.8 Å². The second-order valence-electron chi connectivity index (χ2n) is 8.10. The fourth-order valence-corrected chi connectivity index (χ4v) is 4.29. The lowest BCUT2D eigenvalue weighted by Gasteiger charge is -2.34. The van der Waals surface area contributed by atoms with E-state index in [1.54, 1.807) is 0 Å². The zero-order chi connectivity index (χ0) is 21.5. The van der Waals surface area contributed by atoms with Crippen LogP contribution < -0.4 is 20.1 Å². The van der Waals surface area contributed by atoms with Gasteiger partial charge < -0.3 is 24.8 Å². The van der Waals surface area contributed by atoms with Crippen LogP contribution in [0, 0.1) is 0 Å². The topological polar surface area (TPSA) is 89.1 Å². The summed E-state index contributed by atoms with van der Waals surface area (Å²) >= 11 is 0. The van der Waals surface area contributed by atoms with E-state index < -0.39 is 11.8 Å². The third kappa shape index (κ3) is 5.77. The minimum atomic E-state index is -0.600. The lowest BCUT2D eigenvalue weighted by molar-refractivity contribution is -0.139. The summed E-state index contributed by atoms with van der Waals surface area (Å²) in [5.41, 5.74) is 2.39. The second kappa shape index (κ2) is 10.6. The van der Waals surface area contributed by atoms with Crippen molar-refractivity contribution in [2.24, 2.45) is 0 Å². The molecule has 0 unspecified atom stereocenters. The van der Waals surface area contributed by atoms with Gasteiger partial charge in [-0.05, 0) is 49.8 Å². The number of ether oxygens (including phenoxy) is 3. The van der Waals surface area contributed by atoms with Gasteiger partial charge in [-0.15, -0.1) is 0 Å². The lowest BCUT2D eigenvalue weighted by atomic mass is 9.97. The van der Waals surface area contributed by atoms with E-state index >= 15 is 0 Å². The number of fused-ring (bicyclic) bond motifs is 1. The second-order valence-corrected chi connectivity index (χ2v) is 8.10. The Hall–Kier alpha value is -2.58. The van der Waals surface area contributed by atoms with Gasteiger partial charge in [0.05, 0.1) is 19.3 Å². The van der Waals surface area contributed by atoms with Gasteiger partial charge in [0.2, 0.25) is 6.79 Å². The van der Waals surface area contributed by atoms with Gasteiger partial charge in [-0.3, -0.25) is 14.5 Å². The number of hydrogen-bond acceptors (Lipinski definition) is 6. The molecule has 1 aliphatic carbocycles. The molecule has 168 valence electrons. The van der Waals surface area contributed by atoms with Gasteiger partial charge >= 0.3 is 11.8 Å². The Morgan fingerprint density at radius 1 is 1.03 bits per heavy atom. The minimum absolute atomic E-state index is 0.0810. The Balaban J connectivity index is 1.32. The third-order valence-electron chi connectivity index (χ3n) is 6.05. The first-order chi connectivity index (χ1) is 15.2. The minimum Gasteiger partial charge on any atom is -0.454 e. The highest BCUT2D eigenvalue weighted by Crippen LogP contribution is 2.35. The molecule has 31 heavy (non-hydrogen) atoms. The molecule has 3 aliphatic rings. The van der Waals surface area contributed by atoms with Crippen LogP contribution in [0.5, 0.6) is 11.5 Å². The van der Waals surface area contributed by atoms with Gasteiger partial charge in [0.15, 0.2) is 11.5 Å². The number of carbonyl (C=O) groups is 2.